The first-order chi connectivity index (χ1) is 7.21. The average Bonchev–Trinajstić information content (AvgIpc) is 2.63. The highest BCUT2D eigenvalue weighted by atomic mass is 16.3. The van der Waals surface area contributed by atoms with Gasteiger partial charge in [0.1, 0.15) is 0 Å². The smallest absolute Gasteiger partial charge is 0.0603 e. The molecule has 0 amide bonds. The molecule has 0 bridgehead atoms. The maximum Gasteiger partial charge on any atom is 0.0603 e. The summed E-state index contributed by atoms with van der Waals surface area (Å²) >= 11 is 0. The summed E-state index contributed by atoms with van der Waals surface area (Å²) in [5, 5.41) is 29.4. The molecule has 2 atom stereocenters. The van der Waals surface area contributed by atoms with Crippen LogP contribution in [0.25, 0.3) is 0 Å². The molecule has 0 saturated heterocycles. The van der Waals surface area contributed by atoms with Gasteiger partial charge >= 0.3 is 0 Å². The Bertz CT molecular complexity index is 225. The van der Waals surface area contributed by atoms with Gasteiger partial charge < -0.3 is 15.3 Å². The van der Waals surface area contributed by atoms with Gasteiger partial charge in [0.05, 0.1) is 19.3 Å². The fourth-order valence-corrected chi connectivity index (χ4v) is 3.91. The van der Waals surface area contributed by atoms with Gasteiger partial charge in [-0.15, -0.1) is 0 Å². The van der Waals surface area contributed by atoms with Gasteiger partial charge in [-0.3, -0.25) is 0 Å². The molecule has 0 aromatic rings. The van der Waals surface area contributed by atoms with Crippen LogP contribution in [-0.4, -0.2) is 34.6 Å². The number of aliphatic hydroxyl groups is 3. The lowest BCUT2D eigenvalue weighted by molar-refractivity contribution is -0.126. The van der Waals surface area contributed by atoms with Crippen LogP contribution < -0.4 is 0 Å². The monoisotopic (exact) mass is 214 g/mol. The van der Waals surface area contributed by atoms with Crippen LogP contribution in [0.15, 0.2) is 0 Å². The third kappa shape index (κ3) is 1.44. The predicted octanol–water partition coefficient (Wildman–Crippen LogP) is 1.06. The van der Waals surface area contributed by atoms with Crippen LogP contribution >= 0.6 is 0 Å². The van der Waals surface area contributed by atoms with E-state index in [1.54, 1.807) is 0 Å². The number of hydrogen-bond acceptors (Lipinski definition) is 3. The van der Waals surface area contributed by atoms with E-state index in [1.165, 1.54) is 0 Å². The van der Waals surface area contributed by atoms with E-state index < -0.39 is 5.41 Å². The van der Waals surface area contributed by atoms with Gasteiger partial charge in [0.15, 0.2) is 0 Å². The lowest BCUT2D eigenvalue weighted by Crippen LogP contribution is -2.52. The standard InChI is InChI=1S/C12H22O3/c13-8-11(9-14)5-3-7-12(11)6-2-1-4-10(12)15/h10,13-15H,1-9H2/t10-,12-/m0/s1. The Morgan fingerprint density at radius 1 is 0.933 bits per heavy atom. The van der Waals surface area contributed by atoms with Crippen LogP contribution in [0, 0.1) is 10.8 Å². The minimum Gasteiger partial charge on any atom is -0.396 e. The SMILES string of the molecule is OCC1(CO)CCC[C@]12CCCC[C@@H]2O. The van der Waals surface area contributed by atoms with Crippen molar-refractivity contribution < 1.29 is 15.3 Å². The van der Waals surface area contributed by atoms with Crippen molar-refractivity contribution in [2.24, 2.45) is 10.8 Å². The van der Waals surface area contributed by atoms with Crippen molar-refractivity contribution in [3.05, 3.63) is 0 Å². The van der Waals surface area contributed by atoms with Crippen molar-refractivity contribution in [2.45, 2.75) is 51.0 Å². The Hall–Kier alpha value is -0.120. The highest BCUT2D eigenvalue weighted by Crippen LogP contribution is 2.59. The quantitative estimate of drug-likeness (QED) is 0.644. The van der Waals surface area contributed by atoms with Gasteiger partial charge in [0.25, 0.3) is 0 Å². The van der Waals surface area contributed by atoms with E-state index in [1.807, 2.05) is 0 Å². The second kappa shape index (κ2) is 4.04. The molecule has 0 aromatic heterocycles. The van der Waals surface area contributed by atoms with Crippen LogP contribution in [0.3, 0.4) is 0 Å². The first-order valence-corrected chi connectivity index (χ1v) is 6.11. The van der Waals surface area contributed by atoms with E-state index in [2.05, 4.69) is 0 Å². The highest BCUT2D eigenvalue weighted by Gasteiger charge is 2.58. The summed E-state index contributed by atoms with van der Waals surface area (Å²) in [5.74, 6) is 0. The van der Waals surface area contributed by atoms with E-state index in [0.717, 1.165) is 44.9 Å². The van der Waals surface area contributed by atoms with E-state index in [9.17, 15) is 15.3 Å². The molecule has 0 heterocycles. The largest absolute Gasteiger partial charge is 0.396 e. The van der Waals surface area contributed by atoms with Gasteiger partial charge in [-0.05, 0) is 25.7 Å². The number of aliphatic hydroxyl groups excluding tert-OH is 3. The molecule has 0 unspecified atom stereocenters. The van der Waals surface area contributed by atoms with Crippen LogP contribution in [0.1, 0.15) is 44.9 Å². The fourth-order valence-electron chi connectivity index (χ4n) is 3.91. The Kier molecular flexibility index (Phi) is 3.06. The molecule has 88 valence electrons. The molecule has 2 aliphatic carbocycles. The summed E-state index contributed by atoms with van der Waals surface area (Å²) in [4.78, 5) is 0. The summed E-state index contributed by atoms with van der Waals surface area (Å²) in [5.41, 5.74) is -0.623. The molecular weight excluding hydrogens is 192 g/mol. The molecule has 3 N–H and O–H groups in total. The van der Waals surface area contributed by atoms with Gasteiger partial charge in [-0.25, -0.2) is 0 Å². The van der Waals surface area contributed by atoms with Gasteiger partial charge in [-0.1, -0.05) is 19.3 Å². The Balaban J connectivity index is 2.30. The van der Waals surface area contributed by atoms with Crippen molar-refractivity contribution in [2.75, 3.05) is 13.2 Å². The summed E-state index contributed by atoms with van der Waals surface area (Å²) in [6, 6.07) is 0. The van der Waals surface area contributed by atoms with E-state index in [-0.39, 0.29) is 24.7 Å². The molecule has 3 heteroatoms. The molecule has 1 spiro atoms. The molecule has 2 rings (SSSR count). The minimum absolute atomic E-state index is 0.0144. The van der Waals surface area contributed by atoms with E-state index in [4.69, 9.17) is 0 Å². The van der Waals surface area contributed by atoms with Crippen LogP contribution in [0.4, 0.5) is 0 Å². The lowest BCUT2D eigenvalue weighted by Gasteiger charge is -2.49. The molecule has 0 aliphatic heterocycles. The fraction of sp³-hybridized carbons (Fsp3) is 1.00. The normalized spacial score (nSPS) is 39.8. The minimum atomic E-state index is -0.424. The molecule has 3 nitrogen and oxygen atoms in total. The van der Waals surface area contributed by atoms with E-state index >= 15 is 0 Å². The zero-order chi connectivity index (χ0) is 10.9. The second-order valence-corrected chi connectivity index (χ2v) is 5.37. The lowest BCUT2D eigenvalue weighted by atomic mass is 9.58. The van der Waals surface area contributed by atoms with Crippen molar-refractivity contribution in [1.82, 2.24) is 0 Å². The Labute approximate surface area is 91.1 Å². The van der Waals surface area contributed by atoms with Crippen LogP contribution in [0.5, 0.6) is 0 Å². The summed E-state index contributed by atoms with van der Waals surface area (Å²) in [7, 11) is 0. The van der Waals surface area contributed by atoms with Gasteiger partial charge in [0, 0.05) is 10.8 Å². The second-order valence-electron chi connectivity index (χ2n) is 5.37. The first-order valence-electron chi connectivity index (χ1n) is 6.11. The maximum absolute atomic E-state index is 10.2. The van der Waals surface area contributed by atoms with Crippen LogP contribution in [0.2, 0.25) is 0 Å². The van der Waals surface area contributed by atoms with Crippen molar-refractivity contribution in [1.29, 1.82) is 0 Å². The zero-order valence-electron chi connectivity index (χ0n) is 9.28. The van der Waals surface area contributed by atoms with Gasteiger partial charge in [-0.2, -0.15) is 0 Å². The van der Waals surface area contributed by atoms with Gasteiger partial charge in [0.2, 0.25) is 0 Å². The van der Waals surface area contributed by atoms with E-state index in [0.29, 0.717) is 0 Å². The average molecular weight is 214 g/mol. The predicted molar refractivity (Wildman–Crippen MR) is 57.4 cm³/mol. The molecule has 2 aliphatic rings. The molecule has 0 radical (unpaired) electrons. The number of rotatable bonds is 2. The topological polar surface area (TPSA) is 60.7 Å². The first kappa shape index (κ1) is 11.4. The summed E-state index contributed by atoms with van der Waals surface area (Å²) < 4.78 is 0. The third-order valence-electron chi connectivity index (χ3n) is 4.93. The molecule has 2 fully saturated rings. The zero-order valence-corrected chi connectivity index (χ0v) is 9.28. The Morgan fingerprint density at radius 3 is 2.20 bits per heavy atom. The number of hydrogen-bond donors (Lipinski definition) is 3. The molecule has 2 saturated carbocycles. The van der Waals surface area contributed by atoms with Crippen molar-refractivity contribution in [3.63, 3.8) is 0 Å². The molecule has 0 aromatic carbocycles. The summed E-state index contributed by atoms with van der Waals surface area (Å²) in [6.45, 7) is 0.0289. The maximum atomic E-state index is 10.2. The van der Waals surface area contributed by atoms with Crippen molar-refractivity contribution in [3.8, 4) is 0 Å². The molecular formula is C12H22O3. The molecule has 15 heavy (non-hydrogen) atoms. The highest BCUT2D eigenvalue weighted by molar-refractivity contribution is 5.07. The third-order valence-corrected chi connectivity index (χ3v) is 4.93. The Morgan fingerprint density at radius 2 is 1.60 bits per heavy atom. The van der Waals surface area contributed by atoms with Crippen LogP contribution in [-0.2, 0) is 0 Å². The van der Waals surface area contributed by atoms with Crippen molar-refractivity contribution >= 4 is 0 Å². The summed E-state index contributed by atoms with van der Waals surface area (Å²) in [6.07, 6.45) is 6.53.